The van der Waals surface area contributed by atoms with Gasteiger partial charge in [-0.05, 0) is 51.4 Å². The van der Waals surface area contributed by atoms with Gasteiger partial charge in [-0.2, -0.15) is 0 Å². The molecule has 1 aromatic heterocycles. The number of aliphatic hydroxyl groups is 1. The van der Waals surface area contributed by atoms with E-state index in [1.165, 1.54) is 24.1 Å². The van der Waals surface area contributed by atoms with Crippen LogP contribution in [-0.2, 0) is 12.8 Å². The van der Waals surface area contributed by atoms with Crippen LogP contribution < -0.4 is 4.90 Å². The summed E-state index contributed by atoms with van der Waals surface area (Å²) in [5.41, 5.74) is 2.64. The molecule has 0 saturated carbocycles. The lowest BCUT2D eigenvalue weighted by Crippen LogP contribution is -2.38. The third-order valence-electron chi connectivity index (χ3n) is 4.62. The molecule has 1 unspecified atom stereocenters. The fourth-order valence-electron chi connectivity index (χ4n) is 3.37. The van der Waals surface area contributed by atoms with Crippen molar-refractivity contribution < 1.29 is 5.11 Å². The number of aromatic nitrogens is 2. The van der Waals surface area contributed by atoms with Crippen LogP contribution in [0.15, 0.2) is 6.33 Å². The zero-order valence-electron chi connectivity index (χ0n) is 11.7. The van der Waals surface area contributed by atoms with Gasteiger partial charge >= 0.3 is 0 Å². The van der Waals surface area contributed by atoms with Crippen molar-refractivity contribution in [3.05, 3.63) is 17.6 Å². The van der Waals surface area contributed by atoms with Gasteiger partial charge in [0.2, 0.25) is 0 Å². The van der Waals surface area contributed by atoms with Crippen molar-refractivity contribution in [2.75, 3.05) is 18.0 Å². The third-order valence-corrected chi connectivity index (χ3v) is 4.62. The van der Waals surface area contributed by atoms with Crippen LogP contribution in [0.4, 0.5) is 5.82 Å². The quantitative estimate of drug-likeness (QED) is 0.884. The summed E-state index contributed by atoms with van der Waals surface area (Å²) in [5, 5.41) is 9.68. The van der Waals surface area contributed by atoms with Crippen molar-refractivity contribution >= 4 is 5.82 Å². The highest BCUT2D eigenvalue weighted by Crippen LogP contribution is 2.30. The first kappa shape index (κ1) is 12.9. The Bertz CT molecular complexity index is 439. The Kier molecular flexibility index (Phi) is 3.69. The molecule has 2 aliphatic rings. The first-order valence-corrected chi connectivity index (χ1v) is 7.51. The van der Waals surface area contributed by atoms with E-state index in [4.69, 9.17) is 0 Å². The predicted molar refractivity (Wildman–Crippen MR) is 75.3 cm³/mol. The molecule has 1 aliphatic heterocycles. The number of aliphatic hydroxyl groups excluding tert-OH is 1. The molecule has 1 N–H and O–H groups in total. The number of fused-ring (bicyclic) bond motifs is 1. The molecule has 2 heterocycles. The smallest absolute Gasteiger partial charge is 0.135 e. The van der Waals surface area contributed by atoms with Crippen molar-refractivity contribution in [1.82, 2.24) is 9.97 Å². The van der Waals surface area contributed by atoms with Gasteiger partial charge in [-0.25, -0.2) is 9.97 Å². The number of piperidine rings is 1. The molecule has 1 atom stereocenters. The van der Waals surface area contributed by atoms with Crippen LogP contribution in [0, 0.1) is 5.92 Å². The Balaban J connectivity index is 1.77. The van der Waals surface area contributed by atoms with Gasteiger partial charge in [0.1, 0.15) is 12.1 Å². The first-order valence-electron chi connectivity index (χ1n) is 7.51. The minimum Gasteiger partial charge on any atom is -0.393 e. The zero-order valence-corrected chi connectivity index (χ0v) is 11.7. The molecule has 0 amide bonds. The third kappa shape index (κ3) is 2.59. The number of rotatable bonds is 2. The molecule has 1 fully saturated rings. The maximum atomic E-state index is 9.68. The van der Waals surface area contributed by atoms with E-state index in [9.17, 15) is 5.11 Å². The molecule has 19 heavy (non-hydrogen) atoms. The lowest BCUT2D eigenvalue weighted by Gasteiger charge is -2.35. The van der Waals surface area contributed by atoms with Crippen LogP contribution in [0.25, 0.3) is 0 Å². The lowest BCUT2D eigenvalue weighted by molar-refractivity contribution is 0.109. The van der Waals surface area contributed by atoms with Gasteiger partial charge in [0, 0.05) is 24.3 Å². The standard InChI is InChI=1S/C15H23N3O/c1-11(19)12-6-8-18(9-7-12)15-13-4-2-3-5-14(13)16-10-17-15/h10-12,19H,2-9H2,1H3. The Morgan fingerprint density at radius 2 is 1.95 bits per heavy atom. The second kappa shape index (κ2) is 5.45. The van der Waals surface area contributed by atoms with Gasteiger partial charge in [0.15, 0.2) is 0 Å². The molecule has 0 bridgehead atoms. The Hall–Kier alpha value is -1.16. The summed E-state index contributed by atoms with van der Waals surface area (Å²) in [5.74, 6) is 1.61. The number of hydrogen-bond acceptors (Lipinski definition) is 4. The second-order valence-electron chi connectivity index (χ2n) is 5.89. The van der Waals surface area contributed by atoms with Crippen LogP contribution >= 0.6 is 0 Å². The molecule has 4 heteroatoms. The summed E-state index contributed by atoms with van der Waals surface area (Å²) in [6.07, 6.45) is 8.43. The normalized spacial score (nSPS) is 22.1. The zero-order chi connectivity index (χ0) is 13.2. The highest BCUT2D eigenvalue weighted by Gasteiger charge is 2.26. The fourth-order valence-corrected chi connectivity index (χ4v) is 3.37. The van der Waals surface area contributed by atoms with E-state index in [-0.39, 0.29) is 6.10 Å². The summed E-state index contributed by atoms with van der Waals surface area (Å²) < 4.78 is 0. The summed E-state index contributed by atoms with van der Waals surface area (Å²) >= 11 is 0. The van der Waals surface area contributed by atoms with E-state index in [0.717, 1.165) is 44.6 Å². The van der Waals surface area contributed by atoms with Gasteiger partial charge in [0.05, 0.1) is 6.10 Å². The Labute approximate surface area is 114 Å². The molecule has 1 aliphatic carbocycles. The van der Waals surface area contributed by atoms with Crippen LogP contribution in [-0.4, -0.2) is 34.3 Å². The van der Waals surface area contributed by atoms with Crippen molar-refractivity contribution in [3.8, 4) is 0 Å². The highest BCUT2D eigenvalue weighted by atomic mass is 16.3. The number of nitrogens with zero attached hydrogens (tertiary/aromatic N) is 3. The number of hydrogen-bond donors (Lipinski definition) is 1. The van der Waals surface area contributed by atoms with E-state index in [2.05, 4.69) is 14.9 Å². The second-order valence-corrected chi connectivity index (χ2v) is 5.89. The van der Waals surface area contributed by atoms with Crippen molar-refractivity contribution in [1.29, 1.82) is 0 Å². The molecular formula is C15H23N3O. The molecule has 3 rings (SSSR count). The van der Waals surface area contributed by atoms with Crippen molar-refractivity contribution in [3.63, 3.8) is 0 Å². The van der Waals surface area contributed by atoms with Gasteiger partial charge in [-0.1, -0.05) is 0 Å². The number of anilines is 1. The van der Waals surface area contributed by atoms with Gasteiger partial charge < -0.3 is 10.0 Å². The van der Waals surface area contributed by atoms with Gasteiger partial charge in [0.25, 0.3) is 0 Å². The lowest BCUT2D eigenvalue weighted by atomic mass is 9.91. The van der Waals surface area contributed by atoms with Crippen LogP contribution in [0.5, 0.6) is 0 Å². The van der Waals surface area contributed by atoms with E-state index < -0.39 is 0 Å². The molecule has 0 radical (unpaired) electrons. The summed E-state index contributed by atoms with van der Waals surface area (Å²) in [6.45, 7) is 3.94. The highest BCUT2D eigenvalue weighted by molar-refractivity contribution is 5.49. The van der Waals surface area contributed by atoms with Crippen LogP contribution in [0.3, 0.4) is 0 Å². The molecule has 1 aromatic rings. The average molecular weight is 261 g/mol. The van der Waals surface area contributed by atoms with E-state index in [0.29, 0.717) is 5.92 Å². The van der Waals surface area contributed by atoms with Gasteiger partial charge in [-0.15, -0.1) is 0 Å². The SMILES string of the molecule is CC(O)C1CCN(c2ncnc3c2CCCC3)CC1. The molecular weight excluding hydrogens is 238 g/mol. The molecule has 0 aromatic carbocycles. The average Bonchev–Trinajstić information content (AvgIpc) is 2.47. The van der Waals surface area contributed by atoms with Gasteiger partial charge in [-0.3, -0.25) is 0 Å². The maximum Gasteiger partial charge on any atom is 0.135 e. The molecule has 0 spiro atoms. The fraction of sp³-hybridized carbons (Fsp3) is 0.733. The van der Waals surface area contributed by atoms with E-state index in [1.54, 1.807) is 6.33 Å². The van der Waals surface area contributed by atoms with E-state index in [1.807, 2.05) is 6.92 Å². The minimum atomic E-state index is -0.179. The largest absolute Gasteiger partial charge is 0.393 e. The topological polar surface area (TPSA) is 49.2 Å². The molecule has 4 nitrogen and oxygen atoms in total. The van der Waals surface area contributed by atoms with Crippen molar-refractivity contribution in [2.45, 2.75) is 51.6 Å². The van der Waals surface area contributed by atoms with Crippen LogP contribution in [0.1, 0.15) is 43.9 Å². The Morgan fingerprint density at radius 3 is 2.68 bits per heavy atom. The van der Waals surface area contributed by atoms with E-state index >= 15 is 0 Å². The summed E-state index contributed by atoms with van der Waals surface area (Å²) in [6, 6.07) is 0. The number of aryl methyl sites for hydroxylation is 1. The Morgan fingerprint density at radius 1 is 1.21 bits per heavy atom. The summed E-state index contributed by atoms with van der Waals surface area (Å²) in [7, 11) is 0. The molecule has 104 valence electrons. The summed E-state index contributed by atoms with van der Waals surface area (Å²) in [4.78, 5) is 11.4. The maximum absolute atomic E-state index is 9.68. The first-order chi connectivity index (χ1) is 9.25. The van der Waals surface area contributed by atoms with Crippen molar-refractivity contribution in [2.24, 2.45) is 5.92 Å². The monoisotopic (exact) mass is 261 g/mol. The molecule has 1 saturated heterocycles. The minimum absolute atomic E-state index is 0.179. The predicted octanol–water partition coefficient (Wildman–Crippen LogP) is 1.95. The van der Waals surface area contributed by atoms with Crippen LogP contribution in [0.2, 0.25) is 0 Å².